The van der Waals surface area contributed by atoms with Gasteiger partial charge in [0.15, 0.2) is 5.82 Å². The minimum atomic E-state index is 0.748. The van der Waals surface area contributed by atoms with Crippen LogP contribution in [0.25, 0.3) is 11.5 Å². The van der Waals surface area contributed by atoms with Crippen LogP contribution in [0.4, 0.5) is 5.82 Å². The Bertz CT molecular complexity index is 503. The molecule has 1 N–H and O–H groups in total. The van der Waals surface area contributed by atoms with Crippen molar-refractivity contribution in [2.45, 2.75) is 26.8 Å². The molecule has 90 valence electrons. The van der Waals surface area contributed by atoms with E-state index in [2.05, 4.69) is 31.8 Å². The summed E-state index contributed by atoms with van der Waals surface area (Å²) in [6.07, 6.45) is 4.86. The van der Waals surface area contributed by atoms with Gasteiger partial charge < -0.3 is 9.88 Å². The Morgan fingerprint density at radius 3 is 2.88 bits per heavy atom. The van der Waals surface area contributed by atoms with E-state index in [9.17, 15) is 0 Å². The first kappa shape index (κ1) is 11.6. The molecule has 0 aliphatic rings. The fraction of sp³-hybridized carbons (Fsp3) is 0.417. The quantitative estimate of drug-likeness (QED) is 0.875. The highest BCUT2D eigenvalue weighted by Crippen LogP contribution is 2.18. The van der Waals surface area contributed by atoms with Gasteiger partial charge in [-0.1, -0.05) is 6.92 Å². The minimum Gasteiger partial charge on any atom is -0.373 e. The van der Waals surface area contributed by atoms with Gasteiger partial charge in [0.1, 0.15) is 17.3 Å². The van der Waals surface area contributed by atoms with Gasteiger partial charge in [-0.15, -0.1) is 0 Å². The van der Waals surface area contributed by atoms with Crippen molar-refractivity contribution in [3.8, 4) is 11.5 Å². The zero-order chi connectivity index (χ0) is 12.3. The van der Waals surface area contributed by atoms with Crippen molar-refractivity contribution in [3.63, 3.8) is 0 Å². The third-order valence-electron chi connectivity index (χ3n) is 2.50. The van der Waals surface area contributed by atoms with Crippen LogP contribution in [0.5, 0.6) is 0 Å². The Kier molecular flexibility index (Phi) is 3.37. The normalized spacial score (nSPS) is 10.5. The van der Waals surface area contributed by atoms with Crippen LogP contribution in [-0.4, -0.2) is 26.6 Å². The molecule has 0 atom stereocenters. The van der Waals surface area contributed by atoms with Gasteiger partial charge in [-0.2, -0.15) is 0 Å². The molecular weight excluding hydrogens is 214 g/mol. The largest absolute Gasteiger partial charge is 0.373 e. The van der Waals surface area contributed by atoms with Crippen LogP contribution in [-0.2, 0) is 6.54 Å². The lowest BCUT2D eigenvalue weighted by Gasteiger charge is -2.07. The second kappa shape index (κ2) is 4.95. The molecule has 2 aromatic heterocycles. The summed E-state index contributed by atoms with van der Waals surface area (Å²) in [6, 6.07) is 1.92. The van der Waals surface area contributed by atoms with E-state index in [0.717, 1.165) is 36.1 Å². The van der Waals surface area contributed by atoms with Crippen molar-refractivity contribution in [1.82, 2.24) is 19.5 Å². The Morgan fingerprint density at radius 2 is 2.18 bits per heavy atom. The second-order valence-electron chi connectivity index (χ2n) is 3.88. The van der Waals surface area contributed by atoms with Crippen LogP contribution >= 0.6 is 0 Å². The van der Waals surface area contributed by atoms with Gasteiger partial charge >= 0.3 is 0 Å². The topological polar surface area (TPSA) is 55.6 Å². The summed E-state index contributed by atoms with van der Waals surface area (Å²) in [5.41, 5.74) is 0.861. The number of nitrogens with one attached hydrogen (secondary N) is 1. The van der Waals surface area contributed by atoms with Crippen LogP contribution in [0.15, 0.2) is 18.5 Å². The maximum absolute atomic E-state index is 4.43. The molecule has 0 aliphatic carbocycles. The van der Waals surface area contributed by atoms with E-state index in [1.165, 1.54) is 0 Å². The minimum absolute atomic E-state index is 0.748. The number of anilines is 1. The Balaban J connectivity index is 2.44. The molecule has 0 amide bonds. The number of imidazole rings is 1. The molecule has 0 fully saturated rings. The number of hydrogen-bond donors (Lipinski definition) is 1. The molecule has 0 saturated carbocycles. The van der Waals surface area contributed by atoms with Crippen molar-refractivity contribution in [1.29, 1.82) is 0 Å². The molecule has 0 aliphatic heterocycles. The molecule has 5 heteroatoms. The standard InChI is InChI=1S/C12H17N5/c1-4-6-17-7-5-14-12(17)10-8-11(13-3)16-9(2)15-10/h5,7-8H,4,6H2,1-3H3,(H,13,15,16). The second-order valence-corrected chi connectivity index (χ2v) is 3.88. The number of hydrogen-bond acceptors (Lipinski definition) is 4. The number of aromatic nitrogens is 4. The molecule has 17 heavy (non-hydrogen) atoms. The summed E-state index contributed by atoms with van der Waals surface area (Å²) in [5, 5.41) is 3.03. The predicted octanol–water partition coefficient (Wildman–Crippen LogP) is 2.10. The van der Waals surface area contributed by atoms with Gasteiger partial charge in [-0.3, -0.25) is 0 Å². The molecule has 0 radical (unpaired) electrons. The molecule has 0 spiro atoms. The smallest absolute Gasteiger partial charge is 0.158 e. The van der Waals surface area contributed by atoms with Gasteiger partial charge in [-0.25, -0.2) is 15.0 Å². The van der Waals surface area contributed by atoms with Crippen molar-refractivity contribution in [2.75, 3.05) is 12.4 Å². The Hall–Kier alpha value is -1.91. The van der Waals surface area contributed by atoms with Crippen LogP contribution < -0.4 is 5.32 Å². The zero-order valence-corrected chi connectivity index (χ0v) is 10.4. The van der Waals surface area contributed by atoms with Gasteiger partial charge in [0.2, 0.25) is 0 Å². The van der Waals surface area contributed by atoms with Gasteiger partial charge in [0.05, 0.1) is 0 Å². The summed E-state index contributed by atoms with van der Waals surface area (Å²) in [5.74, 6) is 2.46. The molecule has 0 aromatic carbocycles. The molecule has 0 unspecified atom stereocenters. The zero-order valence-electron chi connectivity index (χ0n) is 10.4. The van der Waals surface area contributed by atoms with Crippen molar-refractivity contribution in [2.24, 2.45) is 0 Å². The van der Waals surface area contributed by atoms with E-state index in [1.54, 1.807) is 0 Å². The molecule has 2 heterocycles. The van der Waals surface area contributed by atoms with Crippen molar-refractivity contribution in [3.05, 3.63) is 24.3 Å². The first-order valence-corrected chi connectivity index (χ1v) is 5.79. The van der Waals surface area contributed by atoms with E-state index < -0.39 is 0 Å². The number of rotatable bonds is 4. The van der Waals surface area contributed by atoms with E-state index in [1.807, 2.05) is 32.4 Å². The van der Waals surface area contributed by atoms with Crippen molar-refractivity contribution >= 4 is 5.82 Å². The summed E-state index contributed by atoms with van der Waals surface area (Å²) in [4.78, 5) is 13.1. The Morgan fingerprint density at radius 1 is 1.35 bits per heavy atom. The average molecular weight is 231 g/mol. The van der Waals surface area contributed by atoms with Crippen LogP contribution in [0, 0.1) is 6.92 Å². The predicted molar refractivity (Wildman–Crippen MR) is 67.8 cm³/mol. The summed E-state index contributed by atoms with van der Waals surface area (Å²) in [7, 11) is 1.85. The lowest BCUT2D eigenvalue weighted by atomic mass is 10.3. The molecule has 0 bridgehead atoms. The maximum Gasteiger partial charge on any atom is 0.158 e. The Labute approximate surface area is 101 Å². The summed E-state index contributed by atoms with van der Waals surface area (Å²) in [6.45, 7) is 4.98. The van der Waals surface area contributed by atoms with Crippen molar-refractivity contribution < 1.29 is 0 Å². The highest BCUT2D eigenvalue weighted by molar-refractivity contribution is 5.55. The van der Waals surface area contributed by atoms with E-state index in [0.29, 0.717) is 0 Å². The number of aryl methyl sites for hydroxylation is 2. The molecule has 5 nitrogen and oxygen atoms in total. The van der Waals surface area contributed by atoms with E-state index in [-0.39, 0.29) is 0 Å². The monoisotopic (exact) mass is 231 g/mol. The van der Waals surface area contributed by atoms with E-state index >= 15 is 0 Å². The number of nitrogens with zero attached hydrogens (tertiary/aromatic N) is 4. The SMILES string of the molecule is CCCn1ccnc1-c1cc(NC)nc(C)n1. The highest BCUT2D eigenvalue weighted by atomic mass is 15.1. The van der Waals surface area contributed by atoms with E-state index in [4.69, 9.17) is 0 Å². The third-order valence-corrected chi connectivity index (χ3v) is 2.50. The molecule has 2 aromatic rings. The maximum atomic E-state index is 4.43. The lowest BCUT2D eigenvalue weighted by molar-refractivity contribution is 0.683. The van der Waals surface area contributed by atoms with Crippen LogP contribution in [0.3, 0.4) is 0 Å². The highest BCUT2D eigenvalue weighted by Gasteiger charge is 2.09. The van der Waals surface area contributed by atoms with Crippen LogP contribution in [0.2, 0.25) is 0 Å². The third kappa shape index (κ3) is 2.43. The fourth-order valence-electron chi connectivity index (χ4n) is 1.77. The van der Waals surface area contributed by atoms with Gasteiger partial charge in [0, 0.05) is 32.1 Å². The lowest BCUT2D eigenvalue weighted by Crippen LogP contribution is -2.03. The first-order valence-electron chi connectivity index (χ1n) is 5.79. The van der Waals surface area contributed by atoms with Gasteiger partial charge in [-0.05, 0) is 13.3 Å². The molecular formula is C12H17N5. The van der Waals surface area contributed by atoms with Crippen LogP contribution in [0.1, 0.15) is 19.2 Å². The first-order chi connectivity index (χ1) is 8.24. The molecule has 2 rings (SSSR count). The summed E-state index contributed by atoms with van der Waals surface area (Å²) >= 11 is 0. The van der Waals surface area contributed by atoms with Gasteiger partial charge in [0.25, 0.3) is 0 Å². The summed E-state index contributed by atoms with van der Waals surface area (Å²) < 4.78 is 2.11. The molecule has 0 saturated heterocycles. The average Bonchev–Trinajstić information content (AvgIpc) is 2.77. The fourth-order valence-corrected chi connectivity index (χ4v) is 1.77.